The summed E-state index contributed by atoms with van der Waals surface area (Å²) < 4.78 is 0. The molecule has 0 saturated carbocycles. The van der Waals surface area contributed by atoms with E-state index in [0.717, 1.165) is 31.5 Å². The second-order valence-corrected chi connectivity index (χ2v) is 4.28. The van der Waals surface area contributed by atoms with Gasteiger partial charge in [-0.05, 0) is 31.8 Å². The number of hydrogen-bond donors (Lipinski definition) is 3. The molecule has 0 amide bonds. The molecule has 0 aliphatic carbocycles. The second-order valence-electron chi connectivity index (χ2n) is 4.28. The third-order valence-electron chi connectivity index (χ3n) is 2.93. The molecule has 6 nitrogen and oxygen atoms in total. The molecule has 0 aromatic carbocycles. The summed E-state index contributed by atoms with van der Waals surface area (Å²) in [6, 6.07) is 0. The molecule has 0 aromatic rings. The van der Waals surface area contributed by atoms with Crippen LogP contribution in [0, 0.1) is 5.92 Å². The average molecular weight is 212 g/mol. The zero-order valence-electron chi connectivity index (χ0n) is 9.24. The Balaban J connectivity index is 1.82. The molecule has 0 aromatic heterocycles. The molecule has 0 radical (unpaired) electrons. The van der Waals surface area contributed by atoms with Crippen molar-refractivity contribution in [2.24, 2.45) is 16.8 Å². The first kappa shape index (κ1) is 10.7. The molecule has 2 saturated heterocycles. The maximum absolute atomic E-state index is 5.61. The summed E-state index contributed by atoms with van der Waals surface area (Å²) in [5, 5.41) is 4.90. The van der Waals surface area contributed by atoms with Gasteiger partial charge in [-0.15, -0.1) is 5.12 Å². The van der Waals surface area contributed by atoms with E-state index >= 15 is 0 Å². The number of piperidine rings is 1. The van der Waals surface area contributed by atoms with Gasteiger partial charge in [-0.3, -0.25) is 10.4 Å². The van der Waals surface area contributed by atoms with Crippen molar-refractivity contribution in [2.75, 3.05) is 33.4 Å². The minimum absolute atomic E-state index is 0.686. The van der Waals surface area contributed by atoms with Crippen molar-refractivity contribution >= 4 is 5.96 Å². The topological polar surface area (TPSA) is 68.9 Å². The normalized spacial score (nSPS) is 27.3. The van der Waals surface area contributed by atoms with Crippen LogP contribution in [0.2, 0.25) is 0 Å². The Bertz CT molecular complexity index is 235. The highest BCUT2D eigenvalue weighted by molar-refractivity contribution is 5.80. The van der Waals surface area contributed by atoms with E-state index in [9.17, 15) is 0 Å². The molecule has 0 unspecified atom stereocenters. The van der Waals surface area contributed by atoms with Crippen LogP contribution in [0.15, 0.2) is 4.99 Å². The van der Waals surface area contributed by atoms with Crippen LogP contribution >= 0.6 is 0 Å². The standard InChI is InChI=1S/C9H20N6/c1-14-7-15(10)13-9(14)12-6-8-2-4-11-5-3-8/h8,11H,2-7,10H2,1H3,(H,12,13). The zero-order chi connectivity index (χ0) is 10.7. The van der Waals surface area contributed by atoms with Gasteiger partial charge in [-0.25, -0.2) is 5.84 Å². The van der Waals surface area contributed by atoms with Gasteiger partial charge in [0.15, 0.2) is 0 Å². The van der Waals surface area contributed by atoms with Crippen LogP contribution in [0.4, 0.5) is 0 Å². The van der Waals surface area contributed by atoms with Crippen LogP contribution in [0.1, 0.15) is 12.8 Å². The van der Waals surface area contributed by atoms with Gasteiger partial charge in [0.05, 0.1) is 0 Å². The Hall–Kier alpha value is -0.850. The molecule has 2 aliphatic rings. The number of nitrogens with one attached hydrogen (secondary N) is 2. The Morgan fingerprint density at radius 3 is 2.80 bits per heavy atom. The van der Waals surface area contributed by atoms with Gasteiger partial charge < -0.3 is 10.2 Å². The average Bonchev–Trinajstić information content (AvgIpc) is 2.56. The number of nitrogens with two attached hydrogens (primary N) is 1. The van der Waals surface area contributed by atoms with Crippen LogP contribution in [0.5, 0.6) is 0 Å². The minimum atomic E-state index is 0.686. The smallest absolute Gasteiger partial charge is 0.210 e. The van der Waals surface area contributed by atoms with Crippen molar-refractivity contribution in [3.05, 3.63) is 0 Å². The van der Waals surface area contributed by atoms with Crippen molar-refractivity contribution in [2.45, 2.75) is 12.8 Å². The van der Waals surface area contributed by atoms with E-state index in [1.807, 2.05) is 11.9 Å². The number of hydrazine groups is 2. The molecule has 15 heavy (non-hydrogen) atoms. The third-order valence-corrected chi connectivity index (χ3v) is 2.93. The summed E-state index contributed by atoms with van der Waals surface area (Å²) in [6.45, 7) is 3.84. The van der Waals surface area contributed by atoms with Crippen molar-refractivity contribution in [3.8, 4) is 0 Å². The summed E-state index contributed by atoms with van der Waals surface area (Å²) in [4.78, 5) is 6.58. The number of rotatable bonds is 2. The van der Waals surface area contributed by atoms with Gasteiger partial charge in [-0.1, -0.05) is 0 Å². The van der Waals surface area contributed by atoms with E-state index in [2.05, 4.69) is 15.7 Å². The van der Waals surface area contributed by atoms with E-state index in [-0.39, 0.29) is 0 Å². The van der Waals surface area contributed by atoms with Crippen molar-refractivity contribution in [1.82, 2.24) is 20.8 Å². The van der Waals surface area contributed by atoms with E-state index in [1.54, 1.807) is 5.12 Å². The fourth-order valence-corrected chi connectivity index (χ4v) is 1.98. The SMILES string of the molecule is CN1CN(N)NC1=NCC1CCNCC1. The van der Waals surface area contributed by atoms with Crippen LogP contribution in [0.25, 0.3) is 0 Å². The minimum Gasteiger partial charge on any atom is -0.329 e. The maximum Gasteiger partial charge on any atom is 0.210 e. The van der Waals surface area contributed by atoms with E-state index < -0.39 is 0 Å². The largest absolute Gasteiger partial charge is 0.329 e. The highest BCUT2D eigenvalue weighted by Crippen LogP contribution is 2.12. The number of aliphatic imine (C=N–C) groups is 1. The predicted octanol–water partition coefficient (Wildman–Crippen LogP) is -1.07. The fraction of sp³-hybridized carbons (Fsp3) is 0.889. The second kappa shape index (κ2) is 4.78. The lowest BCUT2D eigenvalue weighted by Gasteiger charge is -2.21. The molecular weight excluding hydrogens is 192 g/mol. The van der Waals surface area contributed by atoms with Gasteiger partial charge in [0.25, 0.3) is 0 Å². The summed E-state index contributed by atoms with van der Waals surface area (Å²) in [6.07, 6.45) is 2.46. The van der Waals surface area contributed by atoms with Crippen molar-refractivity contribution < 1.29 is 0 Å². The Kier molecular flexibility index (Phi) is 3.40. The highest BCUT2D eigenvalue weighted by atomic mass is 15.8. The third kappa shape index (κ3) is 2.80. The van der Waals surface area contributed by atoms with Crippen molar-refractivity contribution in [1.29, 1.82) is 0 Å². The fourth-order valence-electron chi connectivity index (χ4n) is 1.98. The first-order valence-electron chi connectivity index (χ1n) is 5.51. The molecule has 4 N–H and O–H groups in total. The Morgan fingerprint density at radius 1 is 1.47 bits per heavy atom. The lowest BCUT2D eigenvalue weighted by molar-refractivity contribution is 0.237. The zero-order valence-corrected chi connectivity index (χ0v) is 9.24. The summed E-state index contributed by atoms with van der Waals surface area (Å²) in [7, 11) is 1.99. The van der Waals surface area contributed by atoms with Crippen LogP contribution in [0.3, 0.4) is 0 Å². The molecule has 0 bridgehead atoms. The molecule has 0 atom stereocenters. The molecular formula is C9H20N6. The molecule has 86 valence electrons. The maximum atomic E-state index is 5.61. The van der Waals surface area contributed by atoms with E-state index in [4.69, 9.17) is 5.84 Å². The van der Waals surface area contributed by atoms with Crippen LogP contribution in [-0.4, -0.2) is 49.3 Å². The molecule has 2 fully saturated rings. The van der Waals surface area contributed by atoms with E-state index in [1.165, 1.54) is 12.8 Å². The number of guanidine groups is 1. The summed E-state index contributed by atoms with van der Waals surface area (Å²) >= 11 is 0. The van der Waals surface area contributed by atoms with E-state index in [0.29, 0.717) is 6.67 Å². The molecule has 2 heterocycles. The van der Waals surface area contributed by atoms with Gasteiger partial charge >= 0.3 is 0 Å². The predicted molar refractivity (Wildman–Crippen MR) is 59.7 cm³/mol. The monoisotopic (exact) mass is 212 g/mol. The molecule has 2 aliphatic heterocycles. The lowest BCUT2D eigenvalue weighted by atomic mass is 9.99. The van der Waals surface area contributed by atoms with Gasteiger partial charge in [0.2, 0.25) is 5.96 Å². The first-order chi connectivity index (χ1) is 7.25. The quantitative estimate of drug-likeness (QED) is 0.508. The van der Waals surface area contributed by atoms with Crippen LogP contribution < -0.4 is 16.6 Å². The Labute approximate surface area is 90.4 Å². The highest BCUT2D eigenvalue weighted by Gasteiger charge is 2.19. The lowest BCUT2D eigenvalue weighted by Crippen LogP contribution is -2.39. The van der Waals surface area contributed by atoms with Gasteiger partial charge in [0, 0.05) is 13.6 Å². The van der Waals surface area contributed by atoms with Gasteiger partial charge in [0.1, 0.15) is 6.67 Å². The molecule has 0 spiro atoms. The Morgan fingerprint density at radius 2 is 2.20 bits per heavy atom. The number of nitrogens with zero attached hydrogens (tertiary/aromatic N) is 3. The molecule has 2 rings (SSSR count). The van der Waals surface area contributed by atoms with Crippen LogP contribution in [-0.2, 0) is 0 Å². The summed E-state index contributed by atoms with van der Waals surface area (Å²) in [5.41, 5.74) is 3.01. The van der Waals surface area contributed by atoms with Crippen molar-refractivity contribution in [3.63, 3.8) is 0 Å². The first-order valence-corrected chi connectivity index (χ1v) is 5.51. The molecule has 6 heteroatoms. The van der Waals surface area contributed by atoms with Gasteiger partial charge in [-0.2, -0.15) is 0 Å². The summed E-state index contributed by atoms with van der Waals surface area (Å²) in [5.74, 6) is 7.22. The number of hydrogen-bond acceptors (Lipinski definition) is 4.